The van der Waals surface area contributed by atoms with E-state index in [0.29, 0.717) is 25.5 Å². The summed E-state index contributed by atoms with van der Waals surface area (Å²) in [6.45, 7) is 2.60. The summed E-state index contributed by atoms with van der Waals surface area (Å²) >= 11 is 0. The van der Waals surface area contributed by atoms with Crippen LogP contribution in [0, 0.1) is 0 Å². The lowest BCUT2D eigenvalue weighted by atomic mass is 10.1. The highest BCUT2D eigenvalue weighted by Crippen LogP contribution is 2.23. The predicted molar refractivity (Wildman–Crippen MR) is 113 cm³/mol. The van der Waals surface area contributed by atoms with Gasteiger partial charge in [0.25, 0.3) is 0 Å². The minimum Gasteiger partial charge on any atom is -0.383 e. The topological polar surface area (TPSA) is 74.3 Å². The SMILES string of the molecule is O=S(=O)(c1ccc(NCCNc2cccc3ccccc23)nc1)N1CCCC1. The lowest BCUT2D eigenvalue weighted by Crippen LogP contribution is -2.28. The molecule has 1 aliphatic heterocycles. The summed E-state index contributed by atoms with van der Waals surface area (Å²) < 4.78 is 26.6. The first-order valence-electron chi connectivity index (χ1n) is 9.56. The van der Waals surface area contributed by atoms with Crippen LogP contribution in [0.1, 0.15) is 12.8 Å². The Morgan fingerprint density at radius 2 is 1.64 bits per heavy atom. The molecule has 1 aromatic heterocycles. The van der Waals surface area contributed by atoms with E-state index in [0.717, 1.165) is 25.1 Å². The van der Waals surface area contributed by atoms with Crippen molar-refractivity contribution in [3.8, 4) is 0 Å². The van der Waals surface area contributed by atoms with Crippen molar-refractivity contribution in [2.24, 2.45) is 0 Å². The Morgan fingerprint density at radius 3 is 2.43 bits per heavy atom. The third-order valence-electron chi connectivity index (χ3n) is 4.98. The van der Waals surface area contributed by atoms with Crippen LogP contribution in [0.15, 0.2) is 65.7 Å². The third kappa shape index (κ3) is 3.95. The van der Waals surface area contributed by atoms with E-state index in [2.05, 4.69) is 39.9 Å². The number of nitrogens with one attached hydrogen (secondary N) is 2. The lowest BCUT2D eigenvalue weighted by molar-refractivity contribution is 0.477. The standard InChI is InChI=1S/C21H24N4O2S/c26-28(27,25-14-3-4-15-25)18-10-11-21(24-16-18)23-13-12-22-20-9-5-7-17-6-1-2-8-19(17)20/h1-2,5-11,16,22H,3-4,12-15H2,(H,23,24). The number of hydrogen-bond donors (Lipinski definition) is 2. The molecule has 0 bridgehead atoms. The highest BCUT2D eigenvalue weighted by atomic mass is 32.2. The van der Waals surface area contributed by atoms with Crippen LogP contribution >= 0.6 is 0 Å². The first-order chi connectivity index (χ1) is 13.6. The van der Waals surface area contributed by atoms with E-state index in [1.807, 2.05) is 18.2 Å². The number of benzene rings is 2. The highest BCUT2D eigenvalue weighted by molar-refractivity contribution is 7.89. The Hall–Kier alpha value is -2.64. The summed E-state index contributed by atoms with van der Waals surface area (Å²) in [5.74, 6) is 0.667. The van der Waals surface area contributed by atoms with Crippen molar-refractivity contribution in [1.29, 1.82) is 0 Å². The molecule has 6 nitrogen and oxygen atoms in total. The Balaban J connectivity index is 1.33. The molecule has 28 heavy (non-hydrogen) atoms. The lowest BCUT2D eigenvalue weighted by Gasteiger charge is -2.15. The van der Waals surface area contributed by atoms with Crippen molar-refractivity contribution in [3.63, 3.8) is 0 Å². The van der Waals surface area contributed by atoms with Crippen LogP contribution in [0.2, 0.25) is 0 Å². The highest BCUT2D eigenvalue weighted by Gasteiger charge is 2.27. The van der Waals surface area contributed by atoms with E-state index in [-0.39, 0.29) is 4.90 Å². The molecule has 0 spiro atoms. The quantitative estimate of drug-likeness (QED) is 0.598. The average molecular weight is 397 g/mol. The van der Waals surface area contributed by atoms with Crippen LogP contribution in [0.5, 0.6) is 0 Å². The summed E-state index contributed by atoms with van der Waals surface area (Å²) in [4.78, 5) is 4.52. The number of pyridine rings is 1. The molecule has 2 heterocycles. The summed E-state index contributed by atoms with van der Waals surface area (Å²) in [7, 11) is -3.41. The van der Waals surface area contributed by atoms with Crippen LogP contribution in [0.25, 0.3) is 10.8 Å². The summed E-state index contributed by atoms with van der Waals surface area (Å²) in [6, 6.07) is 17.8. The number of sulfonamides is 1. The van der Waals surface area contributed by atoms with Crippen molar-refractivity contribution >= 4 is 32.3 Å². The van der Waals surface area contributed by atoms with Crippen LogP contribution in [0.3, 0.4) is 0 Å². The number of fused-ring (bicyclic) bond motifs is 1. The largest absolute Gasteiger partial charge is 0.383 e. The van der Waals surface area contributed by atoms with Gasteiger partial charge in [0.2, 0.25) is 10.0 Å². The molecule has 1 aliphatic rings. The molecule has 2 aromatic carbocycles. The van der Waals surface area contributed by atoms with Crippen molar-refractivity contribution in [2.75, 3.05) is 36.8 Å². The molecule has 0 amide bonds. The second kappa shape index (κ2) is 8.16. The minimum atomic E-state index is -3.41. The molecule has 1 saturated heterocycles. The fourth-order valence-corrected chi connectivity index (χ4v) is 4.95. The molecule has 0 atom stereocenters. The maximum Gasteiger partial charge on any atom is 0.244 e. The molecule has 0 aliphatic carbocycles. The maximum atomic E-state index is 12.5. The van der Waals surface area contributed by atoms with E-state index >= 15 is 0 Å². The zero-order valence-electron chi connectivity index (χ0n) is 15.6. The van der Waals surface area contributed by atoms with Gasteiger partial charge in [-0.05, 0) is 36.4 Å². The molecule has 146 valence electrons. The van der Waals surface area contributed by atoms with Gasteiger partial charge >= 0.3 is 0 Å². The van der Waals surface area contributed by atoms with Gasteiger partial charge in [0, 0.05) is 43.4 Å². The van der Waals surface area contributed by atoms with Gasteiger partial charge in [-0.2, -0.15) is 4.31 Å². The van der Waals surface area contributed by atoms with Crippen molar-refractivity contribution in [1.82, 2.24) is 9.29 Å². The molecule has 3 aromatic rings. The van der Waals surface area contributed by atoms with Gasteiger partial charge in [-0.1, -0.05) is 36.4 Å². The van der Waals surface area contributed by atoms with Crippen molar-refractivity contribution < 1.29 is 8.42 Å². The number of anilines is 2. The van der Waals surface area contributed by atoms with Crippen LogP contribution < -0.4 is 10.6 Å². The van der Waals surface area contributed by atoms with Gasteiger partial charge in [0.05, 0.1) is 0 Å². The fourth-order valence-electron chi connectivity index (χ4n) is 3.48. The Kier molecular flexibility index (Phi) is 5.45. The van der Waals surface area contributed by atoms with Gasteiger partial charge < -0.3 is 10.6 Å². The van der Waals surface area contributed by atoms with Gasteiger partial charge in [-0.15, -0.1) is 0 Å². The van der Waals surface area contributed by atoms with Crippen LogP contribution in [-0.4, -0.2) is 43.9 Å². The molecule has 0 radical (unpaired) electrons. The molecule has 0 unspecified atom stereocenters. The van der Waals surface area contributed by atoms with Crippen molar-refractivity contribution in [2.45, 2.75) is 17.7 Å². The summed E-state index contributed by atoms with van der Waals surface area (Å²) in [5, 5.41) is 9.07. The monoisotopic (exact) mass is 396 g/mol. The third-order valence-corrected chi connectivity index (χ3v) is 6.86. The van der Waals surface area contributed by atoms with Crippen LogP contribution in [0.4, 0.5) is 11.5 Å². The average Bonchev–Trinajstić information content (AvgIpc) is 3.27. The second-order valence-electron chi connectivity index (χ2n) is 6.87. The summed E-state index contributed by atoms with van der Waals surface area (Å²) in [5.41, 5.74) is 1.10. The smallest absolute Gasteiger partial charge is 0.244 e. The maximum absolute atomic E-state index is 12.5. The molecular weight excluding hydrogens is 372 g/mol. The van der Waals surface area contributed by atoms with Gasteiger partial charge in [-0.3, -0.25) is 0 Å². The van der Waals surface area contributed by atoms with E-state index in [4.69, 9.17) is 0 Å². The Bertz CT molecular complexity index is 1040. The van der Waals surface area contributed by atoms with Crippen molar-refractivity contribution in [3.05, 3.63) is 60.8 Å². The Labute approximate surface area is 165 Å². The molecule has 4 rings (SSSR count). The first-order valence-corrected chi connectivity index (χ1v) is 11.0. The zero-order valence-corrected chi connectivity index (χ0v) is 16.5. The molecule has 7 heteroatoms. The van der Waals surface area contributed by atoms with Gasteiger partial charge in [-0.25, -0.2) is 13.4 Å². The molecule has 0 saturated carbocycles. The van der Waals surface area contributed by atoms with Crippen LogP contribution in [-0.2, 0) is 10.0 Å². The van der Waals surface area contributed by atoms with E-state index < -0.39 is 10.0 Å². The zero-order chi connectivity index (χ0) is 19.4. The first kappa shape index (κ1) is 18.7. The van der Waals surface area contributed by atoms with E-state index in [1.54, 1.807) is 12.1 Å². The van der Waals surface area contributed by atoms with Gasteiger partial charge in [0.15, 0.2) is 0 Å². The molecule has 1 fully saturated rings. The number of hydrogen-bond acceptors (Lipinski definition) is 5. The van der Waals surface area contributed by atoms with Gasteiger partial charge in [0.1, 0.15) is 10.7 Å². The molecule has 2 N–H and O–H groups in total. The van der Waals surface area contributed by atoms with E-state index in [9.17, 15) is 8.42 Å². The number of aromatic nitrogens is 1. The predicted octanol–water partition coefficient (Wildman–Crippen LogP) is 3.54. The Morgan fingerprint density at radius 1 is 0.893 bits per heavy atom. The fraction of sp³-hybridized carbons (Fsp3) is 0.286. The second-order valence-corrected chi connectivity index (χ2v) is 8.81. The molecular formula is C21H24N4O2S. The summed E-state index contributed by atoms with van der Waals surface area (Å²) in [6.07, 6.45) is 3.29. The number of rotatable bonds is 7. The minimum absolute atomic E-state index is 0.258. The van der Waals surface area contributed by atoms with E-state index in [1.165, 1.54) is 21.3 Å². The number of nitrogens with zero attached hydrogens (tertiary/aromatic N) is 2. The normalized spacial score (nSPS) is 15.0.